The predicted molar refractivity (Wildman–Crippen MR) is 87.3 cm³/mol. The van der Waals surface area contributed by atoms with E-state index in [0.717, 1.165) is 38.9 Å². The van der Waals surface area contributed by atoms with Crippen LogP contribution in [-0.4, -0.2) is 48.4 Å². The third-order valence-corrected chi connectivity index (χ3v) is 3.93. The van der Waals surface area contributed by atoms with Gasteiger partial charge in [0.05, 0.1) is 5.60 Å². The topological polar surface area (TPSA) is 84.9 Å². The van der Waals surface area contributed by atoms with Crippen LogP contribution in [0.4, 0.5) is 0 Å². The van der Waals surface area contributed by atoms with E-state index in [1.54, 1.807) is 0 Å². The van der Waals surface area contributed by atoms with Crippen molar-refractivity contribution >= 4 is 11.9 Å². The molecule has 6 nitrogen and oxygen atoms in total. The molecule has 1 unspecified atom stereocenters. The molecule has 2 N–H and O–H groups in total. The maximum absolute atomic E-state index is 11.9. The summed E-state index contributed by atoms with van der Waals surface area (Å²) in [5.74, 6) is -0.576. The van der Waals surface area contributed by atoms with Crippen LogP contribution in [0, 0.1) is 5.92 Å². The molecule has 0 saturated carbocycles. The number of ether oxygens (including phenoxy) is 2. The summed E-state index contributed by atoms with van der Waals surface area (Å²) in [6.45, 7) is 7.67. The number of carbonyl (C=O) groups is 2. The van der Waals surface area contributed by atoms with E-state index in [4.69, 9.17) is 9.47 Å². The number of carboxylic acid groups (broad SMARTS) is 1. The zero-order valence-corrected chi connectivity index (χ0v) is 14.6. The monoisotopic (exact) mass is 329 g/mol. The minimum atomic E-state index is -1.01. The number of aliphatic carboxylic acids is 1. The van der Waals surface area contributed by atoms with Crippen LogP contribution in [0.25, 0.3) is 0 Å². The molecule has 0 aliphatic carbocycles. The summed E-state index contributed by atoms with van der Waals surface area (Å²) in [7, 11) is 0. The SMILES string of the molecule is CC(C)(C)OCCC(NC(=O)CCCC1CCOCC1)C(=O)O. The normalized spacial score (nSPS) is 17.7. The molecular weight excluding hydrogens is 298 g/mol. The Morgan fingerprint density at radius 3 is 2.52 bits per heavy atom. The van der Waals surface area contributed by atoms with Gasteiger partial charge in [0.25, 0.3) is 0 Å². The molecule has 0 aromatic carbocycles. The first-order chi connectivity index (χ1) is 10.8. The van der Waals surface area contributed by atoms with E-state index in [-0.39, 0.29) is 17.9 Å². The first kappa shape index (κ1) is 19.9. The molecule has 0 bridgehead atoms. The van der Waals surface area contributed by atoms with Crippen LogP contribution in [0.1, 0.15) is 59.3 Å². The molecule has 1 atom stereocenters. The van der Waals surface area contributed by atoms with Gasteiger partial charge in [-0.2, -0.15) is 0 Å². The van der Waals surface area contributed by atoms with E-state index in [1.165, 1.54) is 0 Å². The average Bonchev–Trinajstić information content (AvgIpc) is 2.46. The Hall–Kier alpha value is -1.14. The highest BCUT2D eigenvalue weighted by molar-refractivity contribution is 5.83. The molecule has 0 spiro atoms. The van der Waals surface area contributed by atoms with Gasteiger partial charge in [-0.1, -0.05) is 0 Å². The van der Waals surface area contributed by atoms with Gasteiger partial charge in [-0.3, -0.25) is 4.79 Å². The van der Waals surface area contributed by atoms with Crippen LogP contribution >= 0.6 is 0 Å². The quantitative estimate of drug-likeness (QED) is 0.678. The van der Waals surface area contributed by atoms with Gasteiger partial charge in [0.1, 0.15) is 6.04 Å². The molecule has 1 rings (SSSR count). The van der Waals surface area contributed by atoms with Gasteiger partial charge in [-0.15, -0.1) is 0 Å². The third kappa shape index (κ3) is 9.56. The van der Waals surface area contributed by atoms with Crippen LogP contribution in [0.3, 0.4) is 0 Å². The molecule has 0 aromatic rings. The van der Waals surface area contributed by atoms with E-state index < -0.39 is 12.0 Å². The zero-order chi connectivity index (χ0) is 17.3. The maximum atomic E-state index is 11.9. The fourth-order valence-electron chi connectivity index (χ4n) is 2.59. The van der Waals surface area contributed by atoms with Crippen molar-refractivity contribution in [2.24, 2.45) is 5.92 Å². The van der Waals surface area contributed by atoms with Crippen LogP contribution in [-0.2, 0) is 19.1 Å². The first-order valence-corrected chi connectivity index (χ1v) is 8.52. The molecule has 1 aliphatic heterocycles. The Balaban J connectivity index is 2.23. The van der Waals surface area contributed by atoms with Crippen LogP contribution in [0.5, 0.6) is 0 Å². The maximum Gasteiger partial charge on any atom is 0.326 e. The van der Waals surface area contributed by atoms with Crippen LogP contribution in [0.2, 0.25) is 0 Å². The Morgan fingerprint density at radius 2 is 1.96 bits per heavy atom. The molecule has 6 heteroatoms. The van der Waals surface area contributed by atoms with Crippen molar-refractivity contribution in [2.45, 2.75) is 70.9 Å². The van der Waals surface area contributed by atoms with Crippen molar-refractivity contribution in [2.75, 3.05) is 19.8 Å². The lowest BCUT2D eigenvalue weighted by atomic mass is 9.94. The van der Waals surface area contributed by atoms with E-state index in [9.17, 15) is 14.7 Å². The highest BCUT2D eigenvalue weighted by Gasteiger charge is 2.21. The van der Waals surface area contributed by atoms with Gasteiger partial charge in [-0.05, 0) is 52.4 Å². The minimum absolute atomic E-state index is 0.194. The van der Waals surface area contributed by atoms with Gasteiger partial charge in [0.2, 0.25) is 5.91 Å². The second-order valence-electron chi connectivity index (χ2n) is 7.16. The summed E-state index contributed by atoms with van der Waals surface area (Å²) < 4.78 is 10.8. The molecule has 1 fully saturated rings. The number of amides is 1. The summed E-state index contributed by atoms with van der Waals surface area (Å²) in [4.78, 5) is 23.1. The molecule has 0 radical (unpaired) electrons. The highest BCUT2D eigenvalue weighted by Crippen LogP contribution is 2.20. The number of hydrogen-bond donors (Lipinski definition) is 2. The lowest BCUT2D eigenvalue weighted by Crippen LogP contribution is -2.42. The number of hydrogen-bond acceptors (Lipinski definition) is 4. The van der Waals surface area contributed by atoms with Crippen LogP contribution in [0.15, 0.2) is 0 Å². The summed E-state index contributed by atoms with van der Waals surface area (Å²) >= 11 is 0. The molecule has 134 valence electrons. The Morgan fingerprint density at radius 1 is 1.30 bits per heavy atom. The van der Waals surface area contributed by atoms with Gasteiger partial charge >= 0.3 is 5.97 Å². The molecule has 1 saturated heterocycles. The fraction of sp³-hybridized carbons (Fsp3) is 0.882. The molecule has 1 amide bonds. The molecule has 0 aromatic heterocycles. The van der Waals surface area contributed by atoms with Gasteiger partial charge in [0.15, 0.2) is 0 Å². The molecular formula is C17H31NO5. The molecule has 1 heterocycles. The summed E-state index contributed by atoms with van der Waals surface area (Å²) in [6, 6.07) is -0.882. The van der Waals surface area contributed by atoms with Gasteiger partial charge in [-0.25, -0.2) is 4.79 Å². The average molecular weight is 329 g/mol. The smallest absolute Gasteiger partial charge is 0.326 e. The van der Waals surface area contributed by atoms with E-state index in [0.29, 0.717) is 18.9 Å². The van der Waals surface area contributed by atoms with Crippen molar-refractivity contribution in [3.05, 3.63) is 0 Å². The summed E-state index contributed by atoms with van der Waals surface area (Å²) in [5, 5.41) is 11.8. The standard InChI is InChI=1S/C17H31NO5/c1-17(2,3)23-12-9-14(16(20)21)18-15(19)6-4-5-13-7-10-22-11-8-13/h13-14H,4-12H2,1-3H3,(H,18,19)(H,20,21). The van der Waals surface area contributed by atoms with Crippen molar-refractivity contribution in [1.82, 2.24) is 5.32 Å². The van der Waals surface area contributed by atoms with Gasteiger partial charge < -0.3 is 19.9 Å². The number of carbonyl (C=O) groups excluding carboxylic acids is 1. The second-order valence-corrected chi connectivity index (χ2v) is 7.16. The number of nitrogens with one attached hydrogen (secondary N) is 1. The fourth-order valence-corrected chi connectivity index (χ4v) is 2.59. The third-order valence-electron chi connectivity index (χ3n) is 3.93. The number of carboxylic acids is 1. The van der Waals surface area contributed by atoms with Crippen molar-refractivity contribution in [1.29, 1.82) is 0 Å². The first-order valence-electron chi connectivity index (χ1n) is 8.52. The zero-order valence-electron chi connectivity index (χ0n) is 14.6. The van der Waals surface area contributed by atoms with Crippen LogP contribution < -0.4 is 5.32 Å². The largest absolute Gasteiger partial charge is 0.480 e. The lowest BCUT2D eigenvalue weighted by Gasteiger charge is -2.22. The van der Waals surface area contributed by atoms with E-state index in [1.807, 2.05) is 20.8 Å². The Kier molecular flexibility index (Phi) is 8.55. The van der Waals surface area contributed by atoms with E-state index in [2.05, 4.69) is 5.32 Å². The van der Waals surface area contributed by atoms with E-state index >= 15 is 0 Å². The second kappa shape index (κ2) is 9.88. The Labute approximate surface area is 138 Å². The minimum Gasteiger partial charge on any atom is -0.480 e. The number of rotatable bonds is 9. The summed E-state index contributed by atoms with van der Waals surface area (Å²) in [6.07, 6.45) is 4.57. The van der Waals surface area contributed by atoms with Crippen molar-refractivity contribution < 1.29 is 24.2 Å². The predicted octanol–water partition coefficient (Wildman–Crippen LogP) is 2.36. The Bertz CT molecular complexity index is 372. The summed E-state index contributed by atoms with van der Waals surface area (Å²) in [5.41, 5.74) is -0.309. The molecule has 1 aliphatic rings. The van der Waals surface area contributed by atoms with Crippen molar-refractivity contribution in [3.8, 4) is 0 Å². The van der Waals surface area contributed by atoms with Crippen molar-refractivity contribution in [3.63, 3.8) is 0 Å². The highest BCUT2D eigenvalue weighted by atomic mass is 16.5. The lowest BCUT2D eigenvalue weighted by molar-refractivity contribution is -0.142. The van der Waals surface area contributed by atoms with Gasteiger partial charge in [0, 0.05) is 32.7 Å². The molecule has 23 heavy (non-hydrogen) atoms.